The fourth-order valence-corrected chi connectivity index (χ4v) is 4.17. The van der Waals surface area contributed by atoms with Crippen molar-refractivity contribution in [2.75, 3.05) is 20.8 Å². The molecule has 1 saturated heterocycles. The Morgan fingerprint density at radius 1 is 1.12 bits per heavy atom. The Morgan fingerprint density at radius 2 is 1.88 bits per heavy atom. The SMILES string of the molecule is COc1ccc(CCC2CCCCN2C(=O)/C=C/c2cn(C)c(=O)n(C)c2=O)cc1OC. The number of nitrogens with zero attached hydrogens (tertiary/aromatic N) is 3. The number of hydrogen-bond acceptors (Lipinski definition) is 5. The van der Waals surface area contributed by atoms with Gasteiger partial charge in [0, 0.05) is 39.0 Å². The molecule has 0 saturated carbocycles. The van der Waals surface area contributed by atoms with Crippen LogP contribution in [0.15, 0.2) is 40.1 Å². The monoisotopic (exact) mass is 441 g/mol. The minimum Gasteiger partial charge on any atom is -0.493 e. The first kappa shape index (κ1) is 23.4. The normalized spacial score (nSPS) is 16.4. The van der Waals surface area contributed by atoms with Crippen molar-refractivity contribution >= 4 is 12.0 Å². The second kappa shape index (κ2) is 10.3. The molecule has 32 heavy (non-hydrogen) atoms. The molecule has 2 heterocycles. The molecule has 1 atom stereocenters. The molecule has 1 unspecified atom stereocenters. The lowest BCUT2D eigenvalue weighted by Crippen LogP contribution is -2.43. The van der Waals surface area contributed by atoms with E-state index in [4.69, 9.17) is 9.47 Å². The van der Waals surface area contributed by atoms with E-state index in [1.807, 2.05) is 23.1 Å². The summed E-state index contributed by atoms with van der Waals surface area (Å²) in [5.41, 5.74) is 0.622. The first-order valence-electron chi connectivity index (χ1n) is 10.8. The van der Waals surface area contributed by atoms with E-state index >= 15 is 0 Å². The Labute approximate surface area is 187 Å². The average molecular weight is 442 g/mol. The zero-order valence-corrected chi connectivity index (χ0v) is 19.2. The topological polar surface area (TPSA) is 82.8 Å². The lowest BCUT2D eigenvalue weighted by molar-refractivity contribution is -0.129. The van der Waals surface area contributed by atoms with E-state index < -0.39 is 11.2 Å². The van der Waals surface area contributed by atoms with Crippen LogP contribution in [0.1, 0.15) is 36.8 Å². The minimum atomic E-state index is -0.416. The first-order chi connectivity index (χ1) is 15.3. The van der Waals surface area contributed by atoms with Gasteiger partial charge in [0.25, 0.3) is 5.56 Å². The van der Waals surface area contributed by atoms with E-state index in [2.05, 4.69) is 0 Å². The molecule has 1 aliphatic rings. The van der Waals surface area contributed by atoms with Gasteiger partial charge >= 0.3 is 5.69 Å². The number of likely N-dealkylation sites (tertiary alicyclic amines) is 1. The van der Waals surface area contributed by atoms with Crippen LogP contribution >= 0.6 is 0 Å². The van der Waals surface area contributed by atoms with Gasteiger partial charge in [-0.3, -0.25) is 14.2 Å². The van der Waals surface area contributed by atoms with E-state index in [0.29, 0.717) is 23.6 Å². The van der Waals surface area contributed by atoms with Gasteiger partial charge in [-0.1, -0.05) is 6.07 Å². The molecule has 0 radical (unpaired) electrons. The zero-order valence-electron chi connectivity index (χ0n) is 19.2. The van der Waals surface area contributed by atoms with Crippen molar-refractivity contribution in [1.29, 1.82) is 0 Å². The molecule has 172 valence electrons. The molecule has 8 nitrogen and oxygen atoms in total. The fourth-order valence-electron chi connectivity index (χ4n) is 4.17. The first-order valence-corrected chi connectivity index (χ1v) is 10.8. The second-order valence-electron chi connectivity index (χ2n) is 8.08. The van der Waals surface area contributed by atoms with Crippen molar-refractivity contribution in [1.82, 2.24) is 14.0 Å². The second-order valence-corrected chi connectivity index (χ2v) is 8.08. The van der Waals surface area contributed by atoms with Crippen molar-refractivity contribution < 1.29 is 14.3 Å². The summed E-state index contributed by atoms with van der Waals surface area (Å²) in [5.74, 6) is 1.28. The molecule has 1 amide bonds. The van der Waals surface area contributed by atoms with Crippen LogP contribution in [0.4, 0.5) is 0 Å². The number of methoxy groups -OCH3 is 2. The number of hydrogen-bond donors (Lipinski definition) is 0. The van der Waals surface area contributed by atoms with Crippen molar-refractivity contribution in [3.8, 4) is 11.5 Å². The molecule has 0 aliphatic carbocycles. The fraction of sp³-hybridized carbons (Fsp3) is 0.458. The third-order valence-corrected chi connectivity index (χ3v) is 6.00. The predicted molar refractivity (Wildman–Crippen MR) is 123 cm³/mol. The van der Waals surface area contributed by atoms with Gasteiger partial charge in [0.15, 0.2) is 11.5 Å². The maximum atomic E-state index is 13.0. The number of benzene rings is 1. The van der Waals surface area contributed by atoms with E-state index in [9.17, 15) is 14.4 Å². The largest absolute Gasteiger partial charge is 0.493 e. The van der Waals surface area contributed by atoms with Gasteiger partial charge in [0.2, 0.25) is 5.91 Å². The van der Waals surface area contributed by atoms with Gasteiger partial charge in [-0.15, -0.1) is 0 Å². The van der Waals surface area contributed by atoms with Crippen LogP contribution in [0.2, 0.25) is 0 Å². The van der Waals surface area contributed by atoms with Crippen LogP contribution in [-0.4, -0.2) is 46.7 Å². The Kier molecular flexibility index (Phi) is 7.56. The van der Waals surface area contributed by atoms with Gasteiger partial charge in [0.1, 0.15) is 0 Å². The molecule has 1 aliphatic heterocycles. The van der Waals surface area contributed by atoms with Crippen LogP contribution in [0, 0.1) is 0 Å². The number of ether oxygens (including phenoxy) is 2. The van der Waals surface area contributed by atoms with Crippen LogP contribution in [0.5, 0.6) is 11.5 Å². The highest BCUT2D eigenvalue weighted by Crippen LogP contribution is 2.29. The Bertz CT molecular complexity index is 1120. The summed E-state index contributed by atoms with van der Waals surface area (Å²) in [6.45, 7) is 0.699. The lowest BCUT2D eigenvalue weighted by Gasteiger charge is -2.35. The predicted octanol–water partition coefficient (Wildman–Crippen LogP) is 2.13. The molecular weight excluding hydrogens is 410 g/mol. The molecule has 2 aromatic rings. The number of carbonyl (C=O) groups excluding carboxylic acids is 1. The number of aryl methyl sites for hydroxylation is 2. The standard InChI is InChI=1S/C24H31N3O5/c1-25-16-18(23(29)26(2)24(25)30)10-13-22(28)27-14-6-5-7-19(27)11-8-17-9-12-20(31-3)21(15-17)32-4/h9-10,12-13,15-16,19H,5-8,11,14H2,1-4H3/b13-10+. The molecule has 1 fully saturated rings. The van der Waals surface area contributed by atoms with E-state index in [0.717, 1.165) is 42.2 Å². The molecule has 0 spiro atoms. The molecular formula is C24H31N3O5. The summed E-state index contributed by atoms with van der Waals surface area (Å²) in [6, 6.07) is 6.03. The van der Waals surface area contributed by atoms with Crippen LogP contribution in [0.3, 0.4) is 0 Å². The average Bonchev–Trinajstić information content (AvgIpc) is 2.82. The molecule has 3 rings (SSSR count). The number of amides is 1. The smallest absolute Gasteiger partial charge is 0.330 e. The molecule has 1 aromatic carbocycles. The molecule has 1 aromatic heterocycles. The number of aromatic nitrogens is 2. The Hall–Kier alpha value is -3.29. The van der Waals surface area contributed by atoms with Crippen molar-refractivity contribution in [3.05, 3.63) is 62.4 Å². The maximum absolute atomic E-state index is 13.0. The number of rotatable bonds is 7. The number of carbonyl (C=O) groups is 1. The van der Waals surface area contributed by atoms with E-state index in [-0.39, 0.29) is 11.9 Å². The van der Waals surface area contributed by atoms with E-state index in [1.165, 1.54) is 30.0 Å². The summed E-state index contributed by atoms with van der Waals surface area (Å²) < 4.78 is 13.1. The summed E-state index contributed by atoms with van der Waals surface area (Å²) in [7, 11) is 6.24. The van der Waals surface area contributed by atoms with Crippen molar-refractivity contribution in [3.63, 3.8) is 0 Å². The zero-order chi connectivity index (χ0) is 23.3. The van der Waals surface area contributed by atoms with Gasteiger partial charge in [-0.05, 0) is 55.9 Å². The third kappa shape index (κ3) is 5.12. The summed E-state index contributed by atoms with van der Waals surface area (Å²) >= 11 is 0. The summed E-state index contributed by atoms with van der Waals surface area (Å²) in [5, 5.41) is 0. The van der Waals surface area contributed by atoms with Gasteiger partial charge in [-0.2, -0.15) is 0 Å². The van der Waals surface area contributed by atoms with Crippen molar-refractivity contribution in [2.45, 2.75) is 38.1 Å². The lowest BCUT2D eigenvalue weighted by atomic mass is 9.95. The summed E-state index contributed by atoms with van der Waals surface area (Å²) in [4.78, 5) is 39.0. The van der Waals surface area contributed by atoms with Crippen LogP contribution in [0.25, 0.3) is 6.08 Å². The molecule has 0 bridgehead atoms. The molecule has 0 N–H and O–H groups in total. The summed E-state index contributed by atoms with van der Waals surface area (Å²) in [6.07, 6.45) is 9.07. The molecule has 8 heteroatoms. The third-order valence-electron chi connectivity index (χ3n) is 6.00. The quantitative estimate of drug-likeness (QED) is 0.615. The Balaban J connectivity index is 1.71. The number of piperidine rings is 1. The van der Waals surface area contributed by atoms with Crippen molar-refractivity contribution in [2.24, 2.45) is 14.1 Å². The van der Waals surface area contributed by atoms with Gasteiger partial charge in [-0.25, -0.2) is 4.79 Å². The van der Waals surface area contributed by atoms with Gasteiger partial charge < -0.3 is 18.9 Å². The maximum Gasteiger partial charge on any atom is 0.330 e. The van der Waals surface area contributed by atoms with Gasteiger partial charge in [0.05, 0.1) is 19.8 Å². The van der Waals surface area contributed by atoms with Crippen LogP contribution < -0.4 is 20.7 Å². The minimum absolute atomic E-state index is 0.113. The highest BCUT2D eigenvalue weighted by molar-refractivity contribution is 5.92. The Morgan fingerprint density at radius 3 is 2.59 bits per heavy atom. The highest BCUT2D eigenvalue weighted by atomic mass is 16.5. The van der Waals surface area contributed by atoms with E-state index in [1.54, 1.807) is 21.3 Å². The highest BCUT2D eigenvalue weighted by Gasteiger charge is 2.25. The van der Waals surface area contributed by atoms with Crippen LogP contribution in [-0.2, 0) is 25.3 Å².